The molecule has 0 unspecified atom stereocenters. The Hall–Kier alpha value is -2.53. The fraction of sp³-hybridized carbons (Fsp3) is 0.0556. The highest BCUT2D eigenvalue weighted by molar-refractivity contribution is 7.17. The molecule has 0 aliphatic heterocycles. The molecular weight excluding hydrogens is 316 g/mol. The van der Waals surface area contributed by atoms with Crippen LogP contribution in [0.3, 0.4) is 0 Å². The maximum Gasteiger partial charge on any atom is 0.265 e. The van der Waals surface area contributed by atoms with Crippen molar-refractivity contribution in [3.63, 3.8) is 0 Å². The number of carbonyl (C=O) groups excluding carboxylic acids is 1. The number of carbonyl (C=O) groups is 1. The highest BCUT2D eigenvalue weighted by atomic mass is 32.1. The second-order valence-electron chi connectivity index (χ2n) is 5.04. The average molecular weight is 329 g/mol. The predicted molar refractivity (Wildman–Crippen MR) is 88.8 cm³/mol. The highest BCUT2D eigenvalue weighted by Gasteiger charge is 2.17. The summed E-state index contributed by atoms with van der Waals surface area (Å²) in [6, 6.07) is 14.9. The van der Waals surface area contributed by atoms with E-state index >= 15 is 0 Å². The Morgan fingerprint density at radius 3 is 2.30 bits per heavy atom. The van der Waals surface area contributed by atoms with Gasteiger partial charge in [-0.05, 0) is 36.2 Å². The molecule has 0 aliphatic carbocycles. The van der Waals surface area contributed by atoms with Crippen molar-refractivity contribution in [2.45, 2.75) is 6.92 Å². The lowest BCUT2D eigenvalue weighted by Gasteiger charge is -2.05. The van der Waals surface area contributed by atoms with Gasteiger partial charge in [-0.2, -0.15) is 0 Å². The number of rotatable bonds is 3. The van der Waals surface area contributed by atoms with Crippen LogP contribution in [-0.2, 0) is 0 Å². The van der Waals surface area contributed by atoms with Crippen LogP contribution in [0, 0.1) is 18.6 Å². The Bertz CT molecular complexity index is 838. The Labute approximate surface area is 136 Å². The average Bonchev–Trinajstić information content (AvgIpc) is 2.94. The Morgan fingerprint density at radius 1 is 1.00 bits per heavy atom. The Balaban J connectivity index is 1.90. The van der Waals surface area contributed by atoms with Crippen molar-refractivity contribution < 1.29 is 13.6 Å². The number of nitrogens with one attached hydrogen (secondary N) is 1. The largest absolute Gasteiger partial charge is 0.316 e. The van der Waals surface area contributed by atoms with Gasteiger partial charge in [-0.25, -0.2) is 8.78 Å². The zero-order valence-electron chi connectivity index (χ0n) is 12.3. The standard InChI is InChI=1S/C18H13F2NOS/c1-11-10-15(23-17(11)12-6-3-2-4-7-12)18(22)21-16-13(19)8-5-9-14(16)20/h2-10H,1H3,(H,21,22). The summed E-state index contributed by atoms with van der Waals surface area (Å²) in [6.07, 6.45) is 0. The quantitative estimate of drug-likeness (QED) is 0.698. The van der Waals surface area contributed by atoms with Crippen LogP contribution in [0.2, 0.25) is 0 Å². The number of hydrogen-bond donors (Lipinski definition) is 1. The summed E-state index contributed by atoms with van der Waals surface area (Å²) in [6.45, 7) is 1.90. The van der Waals surface area contributed by atoms with Crippen molar-refractivity contribution >= 4 is 22.9 Å². The third-order valence-corrected chi connectivity index (χ3v) is 4.66. The molecule has 0 saturated carbocycles. The molecule has 3 rings (SSSR count). The Kier molecular flexibility index (Phi) is 4.21. The van der Waals surface area contributed by atoms with Crippen LogP contribution in [0.1, 0.15) is 15.2 Å². The summed E-state index contributed by atoms with van der Waals surface area (Å²) >= 11 is 1.29. The third kappa shape index (κ3) is 3.14. The van der Waals surface area contributed by atoms with E-state index in [1.165, 1.54) is 17.4 Å². The molecule has 0 atom stereocenters. The lowest BCUT2D eigenvalue weighted by atomic mass is 10.1. The van der Waals surface area contributed by atoms with Gasteiger partial charge in [0.15, 0.2) is 0 Å². The number of aryl methyl sites for hydroxylation is 1. The van der Waals surface area contributed by atoms with Gasteiger partial charge < -0.3 is 5.32 Å². The molecule has 0 bridgehead atoms. The second kappa shape index (κ2) is 6.30. The number of hydrogen-bond acceptors (Lipinski definition) is 2. The summed E-state index contributed by atoms with van der Waals surface area (Å²) < 4.78 is 27.2. The maximum absolute atomic E-state index is 13.6. The molecule has 1 aromatic heterocycles. The SMILES string of the molecule is Cc1cc(C(=O)Nc2c(F)cccc2F)sc1-c1ccccc1. The molecule has 1 N–H and O–H groups in total. The molecule has 5 heteroatoms. The van der Waals surface area contributed by atoms with E-state index in [0.717, 1.165) is 28.1 Å². The van der Waals surface area contributed by atoms with Gasteiger partial charge in [-0.1, -0.05) is 36.4 Å². The first kappa shape index (κ1) is 15.4. The number of para-hydroxylation sites is 1. The van der Waals surface area contributed by atoms with Gasteiger partial charge >= 0.3 is 0 Å². The minimum Gasteiger partial charge on any atom is -0.316 e. The van der Waals surface area contributed by atoms with E-state index in [1.54, 1.807) is 6.07 Å². The summed E-state index contributed by atoms with van der Waals surface area (Å²) in [4.78, 5) is 13.7. The molecule has 2 nitrogen and oxygen atoms in total. The number of benzene rings is 2. The molecule has 0 aliphatic rings. The zero-order valence-corrected chi connectivity index (χ0v) is 13.1. The zero-order chi connectivity index (χ0) is 16.4. The molecule has 3 aromatic rings. The number of anilines is 1. The molecule has 2 aromatic carbocycles. The van der Waals surface area contributed by atoms with Gasteiger partial charge in [0.05, 0.1) is 4.88 Å². The summed E-state index contributed by atoms with van der Waals surface area (Å²) in [5.74, 6) is -2.12. The summed E-state index contributed by atoms with van der Waals surface area (Å²) in [5, 5.41) is 2.31. The topological polar surface area (TPSA) is 29.1 Å². The van der Waals surface area contributed by atoms with E-state index in [1.807, 2.05) is 37.3 Å². The van der Waals surface area contributed by atoms with Gasteiger partial charge in [0.25, 0.3) is 5.91 Å². The Morgan fingerprint density at radius 2 is 1.65 bits per heavy atom. The van der Waals surface area contributed by atoms with Gasteiger partial charge in [0.2, 0.25) is 0 Å². The molecule has 1 amide bonds. The van der Waals surface area contributed by atoms with Crippen LogP contribution >= 0.6 is 11.3 Å². The van der Waals surface area contributed by atoms with Crippen molar-refractivity contribution in [1.82, 2.24) is 0 Å². The minimum absolute atomic E-state index is 0.406. The fourth-order valence-electron chi connectivity index (χ4n) is 2.26. The lowest BCUT2D eigenvalue weighted by molar-refractivity contribution is 0.102. The second-order valence-corrected chi connectivity index (χ2v) is 6.09. The van der Waals surface area contributed by atoms with E-state index in [9.17, 15) is 13.6 Å². The van der Waals surface area contributed by atoms with E-state index < -0.39 is 23.2 Å². The molecule has 23 heavy (non-hydrogen) atoms. The van der Waals surface area contributed by atoms with E-state index in [-0.39, 0.29) is 0 Å². The first-order valence-electron chi connectivity index (χ1n) is 6.97. The minimum atomic E-state index is -0.796. The predicted octanol–water partition coefficient (Wildman–Crippen LogP) is 5.25. The third-order valence-electron chi connectivity index (χ3n) is 3.38. The van der Waals surface area contributed by atoms with Crippen LogP contribution in [-0.4, -0.2) is 5.91 Å². The normalized spacial score (nSPS) is 10.6. The van der Waals surface area contributed by atoms with Crippen molar-refractivity contribution in [3.05, 3.63) is 76.7 Å². The molecule has 0 spiro atoms. The van der Waals surface area contributed by atoms with Gasteiger partial charge in [-0.15, -0.1) is 11.3 Å². The van der Waals surface area contributed by atoms with Crippen LogP contribution in [0.15, 0.2) is 54.6 Å². The molecule has 0 radical (unpaired) electrons. The molecular formula is C18H13F2NOS. The smallest absolute Gasteiger partial charge is 0.265 e. The van der Waals surface area contributed by atoms with Crippen LogP contribution in [0.4, 0.5) is 14.5 Å². The molecule has 0 fully saturated rings. The number of amides is 1. The number of thiophene rings is 1. The molecule has 116 valence electrons. The number of halogens is 2. The first-order valence-corrected chi connectivity index (χ1v) is 7.79. The first-order chi connectivity index (χ1) is 11.1. The summed E-state index contributed by atoms with van der Waals surface area (Å²) in [7, 11) is 0. The van der Waals surface area contributed by atoms with Crippen LogP contribution in [0.5, 0.6) is 0 Å². The monoisotopic (exact) mass is 329 g/mol. The van der Waals surface area contributed by atoms with Crippen molar-refractivity contribution in [3.8, 4) is 10.4 Å². The maximum atomic E-state index is 13.6. The van der Waals surface area contributed by atoms with Gasteiger partial charge in [-0.3, -0.25) is 4.79 Å². The van der Waals surface area contributed by atoms with Gasteiger partial charge in [0, 0.05) is 4.88 Å². The van der Waals surface area contributed by atoms with Crippen molar-refractivity contribution in [2.24, 2.45) is 0 Å². The van der Waals surface area contributed by atoms with Crippen LogP contribution < -0.4 is 5.32 Å². The van der Waals surface area contributed by atoms with Crippen molar-refractivity contribution in [1.29, 1.82) is 0 Å². The van der Waals surface area contributed by atoms with Gasteiger partial charge in [0.1, 0.15) is 17.3 Å². The van der Waals surface area contributed by atoms with Crippen molar-refractivity contribution in [2.75, 3.05) is 5.32 Å². The molecule has 0 saturated heterocycles. The van der Waals surface area contributed by atoms with E-state index in [2.05, 4.69) is 5.32 Å². The highest BCUT2D eigenvalue weighted by Crippen LogP contribution is 2.32. The summed E-state index contributed by atoms with van der Waals surface area (Å²) in [5.41, 5.74) is 1.52. The van der Waals surface area contributed by atoms with E-state index in [0.29, 0.717) is 4.88 Å². The van der Waals surface area contributed by atoms with Crippen LogP contribution in [0.25, 0.3) is 10.4 Å². The molecule has 1 heterocycles. The van der Waals surface area contributed by atoms with E-state index in [4.69, 9.17) is 0 Å². The fourth-order valence-corrected chi connectivity index (χ4v) is 3.34. The lowest BCUT2D eigenvalue weighted by Crippen LogP contribution is -2.12.